The van der Waals surface area contributed by atoms with Gasteiger partial charge in [-0.2, -0.15) is 0 Å². The van der Waals surface area contributed by atoms with Gasteiger partial charge >= 0.3 is 23.9 Å². The molecule has 0 heterocycles. The zero-order chi connectivity index (χ0) is 35.4. The third kappa shape index (κ3) is 8.55. The number of rotatable bonds is 8. The SMILES string of the molecule is Cc1ccc(COC(=O)c2c(Cl)c(Cl)cc(Cl)c2OC(=O)C(=O)Oc2c(Cl)cc(Cl)c(Cl)c2C(=O)OCc2ccc(C)cc2C)c(C)c1. The molecule has 48 heavy (non-hydrogen) atoms. The Morgan fingerprint density at radius 1 is 0.521 bits per heavy atom. The lowest BCUT2D eigenvalue weighted by Crippen LogP contribution is -2.27. The number of hydrogen-bond donors (Lipinski definition) is 0. The molecule has 0 aromatic heterocycles. The van der Waals surface area contributed by atoms with Gasteiger partial charge in [0.25, 0.3) is 0 Å². The average Bonchev–Trinajstić information content (AvgIpc) is 3.01. The maximum atomic E-state index is 13.2. The summed E-state index contributed by atoms with van der Waals surface area (Å²) in [5, 5.41) is -1.74. The fraction of sp³-hybridized carbons (Fsp3) is 0.176. The second kappa shape index (κ2) is 15.8. The van der Waals surface area contributed by atoms with Gasteiger partial charge in [-0.25, -0.2) is 19.2 Å². The van der Waals surface area contributed by atoms with Crippen molar-refractivity contribution >= 4 is 93.5 Å². The molecule has 0 atom stereocenters. The van der Waals surface area contributed by atoms with E-state index in [4.69, 9.17) is 88.6 Å². The van der Waals surface area contributed by atoms with Crippen LogP contribution >= 0.6 is 69.6 Å². The highest BCUT2D eigenvalue weighted by atomic mass is 35.5. The Balaban J connectivity index is 1.58. The topological polar surface area (TPSA) is 105 Å². The van der Waals surface area contributed by atoms with Crippen molar-refractivity contribution < 1.29 is 38.1 Å². The molecule has 0 aliphatic heterocycles. The molecule has 0 N–H and O–H groups in total. The summed E-state index contributed by atoms with van der Waals surface area (Å²) in [6, 6.07) is 13.2. The fourth-order valence-electron chi connectivity index (χ4n) is 4.44. The van der Waals surface area contributed by atoms with Crippen LogP contribution in [0.25, 0.3) is 0 Å². The third-order valence-corrected chi connectivity index (χ3v) is 9.07. The predicted octanol–water partition coefficient (Wildman–Crippen LogP) is 10.1. The molecule has 250 valence electrons. The number of benzene rings is 4. The van der Waals surface area contributed by atoms with Gasteiger partial charge in [0.1, 0.15) is 24.3 Å². The summed E-state index contributed by atoms with van der Waals surface area (Å²) in [6.45, 7) is 7.18. The first-order chi connectivity index (χ1) is 22.6. The molecule has 0 bridgehead atoms. The molecule has 4 rings (SSSR count). The van der Waals surface area contributed by atoms with Gasteiger partial charge in [0.15, 0.2) is 11.5 Å². The van der Waals surface area contributed by atoms with E-state index < -0.39 is 46.5 Å². The second-order valence-corrected chi connectivity index (χ2v) is 12.9. The van der Waals surface area contributed by atoms with Crippen molar-refractivity contribution in [1.82, 2.24) is 0 Å². The molecule has 0 saturated heterocycles. The summed E-state index contributed by atoms with van der Waals surface area (Å²) < 4.78 is 21.2. The van der Waals surface area contributed by atoms with Gasteiger partial charge in [0.05, 0.1) is 30.1 Å². The number of carbonyl (C=O) groups is 4. The molecule has 0 amide bonds. The molecule has 4 aromatic carbocycles. The Hall–Kier alpha value is -3.50. The van der Waals surface area contributed by atoms with Crippen molar-refractivity contribution in [2.24, 2.45) is 0 Å². The van der Waals surface area contributed by atoms with Gasteiger partial charge in [-0.15, -0.1) is 0 Å². The van der Waals surface area contributed by atoms with Crippen LogP contribution in [0.15, 0.2) is 48.5 Å². The Bertz CT molecular complexity index is 1830. The average molecular weight is 773 g/mol. The van der Waals surface area contributed by atoms with E-state index in [0.717, 1.165) is 34.4 Å². The minimum Gasteiger partial charge on any atom is -0.457 e. The number of hydrogen-bond acceptors (Lipinski definition) is 8. The van der Waals surface area contributed by atoms with Crippen molar-refractivity contribution in [3.63, 3.8) is 0 Å². The van der Waals surface area contributed by atoms with Crippen LogP contribution in [0.4, 0.5) is 0 Å². The van der Waals surface area contributed by atoms with Crippen molar-refractivity contribution in [3.8, 4) is 11.5 Å². The highest BCUT2D eigenvalue weighted by Crippen LogP contribution is 2.42. The molecule has 0 aliphatic carbocycles. The summed E-state index contributed by atoms with van der Waals surface area (Å²) in [4.78, 5) is 52.4. The normalized spacial score (nSPS) is 10.8. The molecular formula is C34H24Cl6O8. The lowest BCUT2D eigenvalue weighted by atomic mass is 10.1. The lowest BCUT2D eigenvalue weighted by Gasteiger charge is -2.16. The zero-order valence-electron chi connectivity index (χ0n) is 25.6. The summed E-state index contributed by atoms with van der Waals surface area (Å²) in [7, 11) is 0. The van der Waals surface area contributed by atoms with E-state index in [1.165, 1.54) is 0 Å². The van der Waals surface area contributed by atoms with Crippen LogP contribution in [0.3, 0.4) is 0 Å². The monoisotopic (exact) mass is 770 g/mol. The van der Waals surface area contributed by atoms with Gasteiger partial charge < -0.3 is 18.9 Å². The minimum absolute atomic E-state index is 0.158. The van der Waals surface area contributed by atoms with Crippen LogP contribution < -0.4 is 9.47 Å². The molecule has 0 aliphatic rings. The van der Waals surface area contributed by atoms with Crippen LogP contribution in [-0.4, -0.2) is 23.9 Å². The van der Waals surface area contributed by atoms with Crippen molar-refractivity contribution in [1.29, 1.82) is 0 Å². The van der Waals surface area contributed by atoms with Crippen LogP contribution in [0, 0.1) is 27.7 Å². The third-order valence-electron chi connectivity index (χ3n) is 6.93. The molecule has 4 aromatic rings. The number of carbonyl (C=O) groups excluding carboxylic acids is 4. The van der Waals surface area contributed by atoms with Crippen LogP contribution in [-0.2, 0) is 32.3 Å². The Morgan fingerprint density at radius 2 is 0.875 bits per heavy atom. The van der Waals surface area contributed by atoms with E-state index >= 15 is 0 Å². The quantitative estimate of drug-likeness (QED) is 0.0755. The van der Waals surface area contributed by atoms with Gasteiger partial charge in [-0.1, -0.05) is 117 Å². The van der Waals surface area contributed by atoms with Crippen LogP contribution in [0.2, 0.25) is 30.1 Å². The molecule has 0 unspecified atom stereocenters. The predicted molar refractivity (Wildman–Crippen MR) is 184 cm³/mol. The van der Waals surface area contributed by atoms with E-state index in [0.29, 0.717) is 11.1 Å². The summed E-state index contributed by atoms with van der Waals surface area (Å²) in [6.07, 6.45) is 0. The Kier molecular flexibility index (Phi) is 12.3. The first-order valence-corrected chi connectivity index (χ1v) is 16.1. The smallest absolute Gasteiger partial charge is 0.423 e. The Labute approximate surface area is 305 Å². The highest BCUT2D eigenvalue weighted by Gasteiger charge is 2.32. The lowest BCUT2D eigenvalue weighted by molar-refractivity contribution is -0.156. The van der Waals surface area contributed by atoms with E-state index in [9.17, 15) is 19.2 Å². The summed E-state index contributed by atoms with van der Waals surface area (Å²) >= 11 is 37.4. The molecule has 8 nitrogen and oxygen atoms in total. The van der Waals surface area contributed by atoms with Gasteiger partial charge in [-0.3, -0.25) is 0 Å². The second-order valence-electron chi connectivity index (χ2n) is 10.5. The van der Waals surface area contributed by atoms with E-state index in [1.54, 1.807) is 12.1 Å². The molecule has 0 spiro atoms. The van der Waals surface area contributed by atoms with Gasteiger partial charge in [0.2, 0.25) is 0 Å². The Morgan fingerprint density at radius 3 is 1.21 bits per heavy atom. The number of esters is 4. The first kappa shape index (κ1) is 37.3. The first-order valence-electron chi connectivity index (χ1n) is 13.8. The molecule has 0 fully saturated rings. The summed E-state index contributed by atoms with van der Waals surface area (Å²) in [5.41, 5.74) is 4.09. The molecule has 14 heteroatoms. The van der Waals surface area contributed by atoms with Crippen molar-refractivity contribution in [2.75, 3.05) is 0 Å². The number of aryl methyl sites for hydroxylation is 4. The largest absolute Gasteiger partial charge is 0.457 e. The van der Waals surface area contributed by atoms with Crippen molar-refractivity contribution in [3.05, 3.63) is 123 Å². The minimum atomic E-state index is -1.68. The van der Waals surface area contributed by atoms with E-state index in [2.05, 4.69) is 0 Å². The fourth-order valence-corrected chi connectivity index (χ4v) is 5.87. The maximum Gasteiger partial charge on any atom is 0.423 e. The van der Waals surface area contributed by atoms with Crippen LogP contribution in [0.1, 0.15) is 54.1 Å². The molecular weight excluding hydrogens is 749 g/mol. The summed E-state index contributed by atoms with van der Waals surface area (Å²) in [5.74, 6) is -6.74. The van der Waals surface area contributed by atoms with Crippen LogP contribution in [0.5, 0.6) is 11.5 Å². The van der Waals surface area contributed by atoms with E-state index in [-0.39, 0.29) is 43.3 Å². The number of halogens is 6. The zero-order valence-corrected chi connectivity index (χ0v) is 30.1. The van der Waals surface area contributed by atoms with Crippen molar-refractivity contribution in [2.45, 2.75) is 40.9 Å². The molecule has 0 saturated carbocycles. The van der Waals surface area contributed by atoms with Gasteiger partial charge in [-0.05, 0) is 62.1 Å². The number of ether oxygens (including phenoxy) is 4. The van der Waals surface area contributed by atoms with E-state index in [1.807, 2.05) is 52.0 Å². The van der Waals surface area contributed by atoms with Gasteiger partial charge in [0, 0.05) is 0 Å². The maximum absolute atomic E-state index is 13.2. The standard InChI is InChI=1S/C34H24Cl6O8/c1-15-5-7-19(17(3)9-15)13-45-31(41)25-27(39)21(35)11-23(37)29(25)47-33(43)34(44)48-30-24(38)12-22(36)28(40)26(30)32(42)46-14-20-8-6-16(2)10-18(20)4/h5-12H,13-14H2,1-4H3. The highest BCUT2D eigenvalue weighted by molar-refractivity contribution is 6.47. The molecule has 0 radical (unpaired) electrons.